The number of hydrogen-bond donors (Lipinski definition) is 2. The average Bonchev–Trinajstić information content (AvgIpc) is 2.92. The van der Waals surface area contributed by atoms with Crippen LogP contribution in [0.4, 0.5) is 18.9 Å². The molecule has 0 bridgehead atoms. The van der Waals surface area contributed by atoms with Gasteiger partial charge in [0, 0.05) is 12.7 Å². The first kappa shape index (κ1) is 16.3. The normalized spacial score (nSPS) is 11.3. The Hall–Kier alpha value is -2.09. The van der Waals surface area contributed by atoms with E-state index in [2.05, 4.69) is 15.7 Å². The summed E-state index contributed by atoms with van der Waals surface area (Å²) in [7, 11) is 0. The number of benzene rings is 1. The van der Waals surface area contributed by atoms with Crippen LogP contribution in [0.15, 0.2) is 36.5 Å². The van der Waals surface area contributed by atoms with Crippen LogP contribution < -0.4 is 10.6 Å². The minimum absolute atomic E-state index is 0.0772. The molecule has 2 rings (SSSR count). The second kappa shape index (κ2) is 6.78. The van der Waals surface area contributed by atoms with Gasteiger partial charge in [0.05, 0.1) is 23.5 Å². The maximum Gasteiger partial charge on any atom is 0.418 e. The van der Waals surface area contributed by atoms with Crippen LogP contribution in [0.25, 0.3) is 0 Å². The van der Waals surface area contributed by atoms with E-state index in [0.717, 1.165) is 18.3 Å². The van der Waals surface area contributed by atoms with Crippen LogP contribution in [-0.4, -0.2) is 14.9 Å². The fourth-order valence-corrected chi connectivity index (χ4v) is 2.03. The molecular formula is C14H15F3N4S. The predicted molar refractivity (Wildman–Crippen MR) is 82.4 cm³/mol. The SMILES string of the molecule is CCn1ccc(CNC(=S)Nc2ccccc2C(F)(F)F)n1. The summed E-state index contributed by atoms with van der Waals surface area (Å²) in [4.78, 5) is 0. The molecule has 2 aromatic rings. The smallest absolute Gasteiger partial charge is 0.357 e. The molecule has 0 unspecified atom stereocenters. The molecule has 0 amide bonds. The van der Waals surface area contributed by atoms with Crippen LogP contribution in [0.5, 0.6) is 0 Å². The molecule has 118 valence electrons. The monoisotopic (exact) mass is 328 g/mol. The number of hydrogen-bond acceptors (Lipinski definition) is 2. The summed E-state index contributed by atoms with van der Waals surface area (Å²) in [5.74, 6) is 0. The summed E-state index contributed by atoms with van der Waals surface area (Å²) >= 11 is 5.03. The highest BCUT2D eigenvalue weighted by Gasteiger charge is 2.33. The predicted octanol–water partition coefficient (Wildman–Crippen LogP) is 3.41. The number of rotatable bonds is 4. The fraction of sp³-hybridized carbons (Fsp3) is 0.286. The Morgan fingerprint density at radius 2 is 2.00 bits per heavy atom. The molecule has 0 spiro atoms. The van der Waals surface area contributed by atoms with E-state index in [9.17, 15) is 13.2 Å². The van der Waals surface area contributed by atoms with Gasteiger partial charge >= 0.3 is 6.18 Å². The highest BCUT2D eigenvalue weighted by molar-refractivity contribution is 7.80. The molecular weight excluding hydrogens is 313 g/mol. The molecule has 1 aromatic carbocycles. The van der Waals surface area contributed by atoms with Crippen molar-refractivity contribution in [1.29, 1.82) is 0 Å². The third kappa shape index (κ3) is 4.20. The van der Waals surface area contributed by atoms with Gasteiger partial charge in [-0.15, -0.1) is 0 Å². The van der Waals surface area contributed by atoms with Gasteiger partial charge in [0.15, 0.2) is 5.11 Å². The third-order valence-corrected chi connectivity index (χ3v) is 3.18. The van der Waals surface area contributed by atoms with Crippen molar-refractivity contribution in [3.05, 3.63) is 47.8 Å². The first-order valence-corrected chi connectivity index (χ1v) is 7.04. The molecule has 2 N–H and O–H groups in total. The molecule has 0 aliphatic carbocycles. The lowest BCUT2D eigenvalue weighted by molar-refractivity contribution is -0.136. The maximum atomic E-state index is 12.9. The van der Waals surface area contributed by atoms with Crippen molar-refractivity contribution in [2.75, 3.05) is 5.32 Å². The Morgan fingerprint density at radius 1 is 1.27 bits per heavy atom. The summed E-state index contributed by atoms with van der Waals surface area (Å²) < 4.78 is 40.4. The third-order valence-electron chi connectivity index (χ3n) is 2.93. The number of nitrogens with zero attached hydrogens (tertiary/aromatic N) is 2. The van der Waals surface area contributed by atoms with Crippen molar-refractivity contribution in [3.63, 3.8) is 0 Å². The lowest BCUT2D eigenvalue weighted by Crippen LogP contribution is -2.29. The molecule has 4 nitrogen and oxygen atoms in total. The van der Waals surface area contributed by atoms with Crippen LogP contribution in [0, 0.1) is 0 Å². The van der Waals surface area contributed by atoms with Gasteiger partial charge in [-0.1, -0.05) is 12.1 Å². The number of alkyl halides is 3. The number of aryl methyl sites for hydroxylation is 1. The molecule has 1 heterocycles. The van der Waals surface area contributed by atoms with E-state index >= 15 is 0 Å². The summed E-state index contributed by atoms with van der Waals surface area (Å²) in [5.41, 5.74) is -0.0731. The molecule has 8 heteroatoms. The number of anilines is 1. The van der Waals surface area contributed by atoms with E-state index in [4.69, 9.17) is 12.2 Å². The van der Waals surface area contributed by atoms with Gasteiger partial charge in [-0.05, 0) is 37.3 Å². The van der Waals surface area contributed by atoms with Crippen molar-refractivity contribution in [2.45, 2.75) is 26.2 Å². The molecule has 0 aliphatic rings. The molecule has 0 saturated carbocycles. The first-order valence-electron chi connectivity index (χ1n) is 6.63. The molecule has 22 heavy (non-hydrogen) atoms. The lowest BCUT2D eigenvalue weighted by atomic mass is 10.1. The fourth-order valence-electron chi connectivity index (χ4n) is 1.85. The molecule has 1 aromatic heterocycles. The zero-order valence-electron chi connectivity index (χ0n) is 11.8. The Kier molecular flexibility index (Phi) is 5.02. The van der Waals surface area contributed by atoms with E-state index in [1.165, 1.54) is 18.2 Å². The van der Waals surface area contributed by atoms with Crippen molar-refractivity contribution >= 4 is 23.0 Å². The molecule has 0 aliphatic heterocycles. The zero-order chi connectivity index (χ0) is 16.2. The van der Waals surface area contributed by atoms with Crippen molar-refractivity contribution in [2.24, 2.45) is 0 Å². The largest absolute Gasteiger partial charge is 0.418 e. The van der Waals surface area contributed by atoms with E-state index in [1.807, 2.05) is 19.2 Å². The highest BCUT2D eigenvalue weighted by atomic mass is 32.1. The summed E-state index contributed by atoms with van der Waals surface area (Å²) in [6.45, 7) is 3.05. The molecule has 0 radical (unpaired) electrons. The maximum absolute atomic E-state index is 12.9. The van der Waals surface area contributed by atoms with Crippen LogP contribution in [0.2, 0.25) is 0 Å². The Balaban J connectivity index is 1.98. The Bertz CT molecular complexity index is 652. The second-order valence-corrected chi connectivity index (χ2v) is 4.92. The first-order chi connectivity index (χ1) is 10.4. The van der Waals surface area contributed by atoms with E-state index in [1.54, 1.807) is 4.68 Å². The number of thiocarbonyl (C=S) groups is 1. The van der Waals surface area contributed by atoms with E-state index in [0.29, 0.717) is 6.54 Å². The number of nitrogens with one attached hydrogen (secondary N) is 2. The average molecular weight is 328 g/mol. The summed E-state index contributed by atoms with van der Waals surface area (Å²) in [6, 6.07) is 7.02. The second-order valence-electron chi connectivity index (χ2n) is 4.51. The number of para-hydroxylation sites is 1. The standard InChI is InChI=1S/C14H15F3N4S/c1-2-21-8-7-10(20-21)9-18-13(22)19-12-6-4-3-5-11(12)14(15,16)17/h3-8H,2,9H2,1H3,(H2,18,19,22). The molecule has 0 atom stereocenters. The van der Waals surface area contributed by atoms with Gasteiger partial charge in [0.2, 0.25) is 0 Å². The minimum atomic E-state index is -4.43. The van der Waals surface area contributed by atoms with Crippen LogP contribution in [0.3, 0.4) is 0 Å². The molecule has 0 fully saturated rings. The van der Waals surface area contributed by atoms with Gasteiger partial charge in [-0.3, -0.25) is 4.68 Å². The summed E-state index contributed by atoms with van der Waals surface area (Å²) in [6.07, 6.45) is -2.61. The van der Waals surface area contributed by atoms with Crippen LogP contribution in [-0.2, 0) is 19.3 Å². The van der Waals surface area contributed by atoms with Gasteiger partial charge < -0.3 is 10.6 Å². The van der Waals surface area contributed by atoms with Gasteiger partial charge in [-0.25, -0.2) is 0 Å². The zero-order valence-corrected chi connectivity index (χ0v) is 12.6. The van der Waals surface area contributed by atoms with Crippen LogP contribution in [0.1, 0.15) is 18.2 Å². The summed E-state index contributed by atoms with van der Waals surface area (Å²) in [5, 5.41) is 9.78. The Labute approximate surface area is 131 Å². The van der Waals surface area contributed by atoms with E-state index < -0.39 is 11.7 Å². The lowest BCUT2D eigenvalue weighted by Gasteiger charge is -2.15. The van der Waals surface area contributed by atoms with E-state index in [-0.39, 0.29) is 10.8 Å². The van der Waals surface area contributed by atoms with Gasteiger partial charge in [0.25, 0.3) is 0 Å². The van der Waals surface area contributed by atoms with Crippen molar-refractivity contribution in [3.8, 4) is 0 Å². The van der Waals surface area contributed by atoms with Gasteiger partial charge in [-0.2, -0.15) is 18.3 Å². The topological polar surface area (TPSA) is 41.9 Å². The van der Waals surface area contributed by atoms with Crippen LogP contribution >= 0.6 is 12.2 Å². The quantitative estimate of drug-likeness (QED) is 0.844. The molecule has 0 saturated heterocycles. The number of aromatic nitrogens is 2. The Morgan fingerprint density at radius 3 is 2.64 bits per heavy atom. The van der Waals surface area contributed by atoms with Gasteiger partial charge in [0.1, 0.15) is 0 Å². The minimum Gasteiger partial charge on any atom is -0.357 e. The van der Waals surface area contributed by atoms with Crippen molar-refractivity contribution in [1.82, 2.24) is 15.1 Å². The van der Waals surface area contributed by atoms with Crippen molar-refractivity contribution < 1.29 is 13.2 Å². The highest BCUT2D eigenvalue weighted by Crippen LogP contribution is 2.34. The number of halogens is 3.